The van der Waals surface area contributed by atoms with E-state index in [1.807, 2.05) is 0 Å². The normalized spacial score (nSPS) is 14.6. The lowest BCUT2D eigenvalue weighted by atomic mass is 9.79. The molecule has 0 rings (SSSR count). The van der Waals surface area contributed by atoms with Crippen LogP contribution in [0.4, 0.5) is 0 Å². The van der Waals surface area contributed by atoms with E-state index in [1.54, 1.807) is 0 Å². The van der Waals surface area contributed by atoms with Gasteiger partial charge in [-0.1, -0.05) is 72.5 Å². The molecule has 0 heterocycles. The summed E-state index contributed by atoms with van der Waals surface area (Å²) in [4.78, 5) is 0. The molecule has 0 saturated heterocycles. The molecule has 0 aliphatic heterocycles. The molecule has 0 aromatic carbocycles. The number of hydrogen-bond donors (Lipinski definition) is 0. The highest BCUT2D eigenvalue weighted by atomic mass is 14.2. The van der Waals surface area contributed by atoms with Gasteiger partial charge in [-0.25, -0.2) is 0 Å². The van der Waals surface area contributed by atoms with Gasteiger partial charge >= 0.3 is 0 Å². The van der Waals surface area contributed by atoms with E-state index in [1.165, 1.54) is 44.9 Å². The summed E-state index contributed by atoms with van der Waals surface area (Å²) in [6, 6.07) is 0. The second-order valence-electron chi connectivity index (χ2n) is 6.14. The molecule has 0 radical (unpaired) electrons. The van der Waals surface area contributed by atoms with Gasteiger partial charge in [0.15, 0.2) is 0 Å². The monoisotopic (exact) mass is 224 g/mol. The molecule has 1 atom stereocenters. The lowest BCUT2D eigenvalue weighted by Gasteiger charge is -2.27. The van der Waals surface area contributed by atoms with Crippen molar-refractivity contribution >= 4 is 0 Å². The van der Waals surface area contributed by atoms with Crippen LogP contribution in [-0.4, -0.2) is 0 Å². The second kappa shape index (κ2) is 8.84. The zero-order valence-electron chi connectivity index (χ0n) is 12.2. The van der Waals surface area contributed by atoms with Crippen LogP contribution in [0, 0.1) is 11.3 Å². The first-order valence-corrected chi connectivity index (χ1v) is 7.13. The Labute approximate surface area is 104 Å². The molecule has 0 fully saturated rings. The van der Waals surface area contributed by atoms with E-state index >= 15 is 0 Å². The number of allylic oxidation sites excluding steroid dienone is 2. The van der Waals surface area contributed by atoms with Crippen LogP contribution in [-0.2, 0) is 0 Å². The first-order chi connectivity index (χ1) is 7.48. The highest BCUT2D eigenvalue weighted by Gasteiger charge is 2.18. The summed E-state index contributed by atoms with van der Waals surface area (Å²) >= 11 is 0. The minimum absolute atomic E-state index is 0.490. The molecule has 0 spiro atoms. The molecule has 0 amide bonds. The Bertz CT molecular complexity index is 171. The van der Waals surface area contributed by atoms with Crippen LogP contribution in [0.15, 0.2) is 12.2 Å². The smallest absolute Gasteiger partial charge is 0.0351 e. The Kier molecular flexibility index (Phi) is 8.70. The molecule has 96 valence electrons. The van der Waals surface area contributed by atoms with E-state index in [0.29, 0.717) is 5.41 Å². The van der Waals surface area contributed by atoms with Crippen molar-refractivity contribution in [1.29, 1.82) is 0 Å². The van der Waals surface area contributed by atoms with E-state index in [4.69, 9.17) is 0 Å². The maximum atomic E-state index is 2.39. The van der Waals surface area contributed by atoms with Crippen molar-refractivity contribution in [2.24, 2.45) is 11.3 Å². The summed E-state index contributed by atoms with van der Waals surface area (Å²) in [5.41, 5.74) is 0.490. The standard InChI is InChI=1S/C16H32/c1-6-7-8-9-10-11-12-13-14-15(2)16(3,4)5/h7-8,15H,6,9-14H2,1-5H3. The summed E-state index contributed by atoms with van der Waals surface area (Å²) in [5.74, 6) is 0.854. The maximum absolute atomic E-state index is 2.39. The van der Waals surface area contributed by atoms with Crippen LogP contribution in [0.25, 0.3) is 0 Å². The molecule has 0 saturated carbocycles. The van der Waals surface area contributed by atoms with Gasteiger partial charge < -0.3 is 0 Å². The van der Waals surface area contributed by atoms with E-state index in [0.717, 1.165) is 5.92 Å². The topological polar surface area (TPSA) is 0 Å². The van der Waals surface area contributed by atoms with Crippen molar-refractivity contribution in [3.8, 4) is 0 Å². The lowest BCUT2D eigenvalue weighted by molar-refractivity contribution is 0.240. The largest absolute Gasteiger partial charge is 0.0888 e. The molecule has 0 aromatic rings. The summed E-state index contributed by atoms with van der Waals surface area (Å²) < 4.78 is 0. The molecular formula is C16H32. The summed E-state index contributed by atoms with van der Waals surface area (Å²) in [7, 11) is 0. The van der Waals surface area contributed by atoms with Gasteiger partial charge in [0.2, 0.25) is 0 Å². The Balaban J connectivity index is 3.31. The predicted octanol–water partition coefficient (Wildman–Crippen LogP) is 5.98. The van der Waals surface area contributed by atoms with E-state index in [9.17, 15) is 0 Å². The molecule has 0 aliphatic rings. The average molecular weight is 224 g/mol. The Morgan fingerprint density at radius 3 is 2.12 bits per heavy atom. The van der Waals surface area contributed by atoms with Gasteiger partial charge in [-0.2, -0.15) is 0 Å². The average Bonchev–Trinajstić information content (AvgIpc) is 2.20. The summed E-state index contributed by atoms with van der Waals surface area (Å²) in [5, 5.41) is 0. The van der Waals surface area contributed by atoms with Crippen molar-refractivity contribution in [2.45, 2.75) is 79.6 Å². The van der Waals surface area contributed by atoms with Gasteiger partial charge in [-0.3, -0.25) is 0 Å². The zero-order chi connectivity index (χ0) is 12.4. The molecule has 1 unspecified atom stereocenters. The molecule has 16 heavy (non-hydrogen) atoms. The van der Waals surface area contributed by atoms with Crippen LogP contribution in [0.5, 0.6) is 0 Å². The van der Waals surface area contributed by atoms with E-state index in [2.05, 4.69) is 46.8 Å². The van der Waals surface area contributed by atoms with Crippen molar-refractivity contribution in [2.75, 3.05) is 0 Å². The van der Waals surface area contributed by atoms with E-state index < -0.39 is 0 Å². The van der Waals surface area contributed by atoms with Crippen molar-refractivity contribution in [3.05, 3.63) is 12.2 Å². The van der Waals surface area contributed by atoms with Crippen LogP contribution < -0.4 is 0 Å². The Morgan fingerprint density at radius 2 is 1.56 bits per heavy atom. The predicted molar refractivity (Wildman–Crippen MR) is 75.8 cm³/mol. The third-order valence-corrected chi connectivity index (χ3v) is 3.64. The van der Waals surface area contributed by atoms with Crippen LogP contribution in [0.2, 0.25) is 0 Å². The molecule has 0 aromatic heterocycles. The second-order valence-corrected chi connectivity index (χ2v) is 6.14. The molecule has 0 N–H and O–H groups in total. The molecule has 0 bridgehead atoms. The Hall–Kier alpha value is -0.260. The molecule has 0 aliphatic carbocycles. The molecule has 0 nitrogen and oxygen atoms in total. The Morgan fingerprint density at radius 1 is 0.938 bits per heavy atom. The van der Waals surface area contributed by atoms with Gasteiger partial charge in [-0.15, -0.1) is 0 Å². The van der Waals surface area contributed by atoms with Crippen LogP contribution in [0.1, 0.15) is 79.6 Å². The van der Waals surface area contributed by atoms with Crippen molar-refractivity contribution in [3.63, 3.8) is 0 Å². The van der Waals surface area contributed by atoms with E-state index in [-0.39, 0.29) is 0 Å². The number of hydrogen-bond acceptors (Lipinski definition) is 0. The highest BCUT2D eigenvalue weighted by Crippen LogP contribution is 2.29. The third-order valence-electron chi connectivity index (χ3n) is 3.64. The van der Waals surface area contributed by atoms with Crippen molar-refractivity contribution in [1.82, 2.24) is 0 Å². The first kappa shape index (κ1) is 15.7. The quantitative estimate of drug-likeness (QED) is 0.351. The summed E-state index contributed by atoms with van der Waals surface area (Å²) in [6.45, 7) is 11.7. The third kappa shape index (κ3) is 9.00. The fraction of sp³-hybridized carbons (Fsp3) is 0.875. The SMILES string of the molecule is CCC=CCCCCCCC(C)C(C)(C)C. The maximum Gasteiger partial charge on any atom is -0.0351 e. The summed E-state index contributed by atoms with van der Waals surface area (Å²) in [6.07, 6.45) is 14.1. The minimum Gasteiger partial charge on any atom is -0.0888 e. The molecule has 0 heteroatoms. The van der Waals surface area contributed by atoms with Gasteiger partial charge in [0.25, 0.3) is 0 Å². The number of rotatable bonds is 8. The fourth-order valence-electron chi connectivity index (χ4n) is 1.78. The lowest BCUT2D eigenvalue weighted by Crippen LogP contribution is -2.16. The fourth-order valence-corrected chi connectivity index (χ4v) is 1.78. The van der Waals surface area contributed by atoms with Crippen LogP contribution >= 0.6 is 0 Å². The first-order valence-electron chi connectivity index (χ1n) is 7.13. The van der Waals surface area contributed by atoms with Gasteiger partial charge in [0.1, 0.15) is 0 Å². The van der Waals surface area contributed by atoms with Gasteiger partial charge in [0, 0.05) is 0 Å². The number of unbranched alkanes of at least 4 members (excludes halogenated alkanes) is 4. The van der Waals surface area contributed by atoms with Gasteiger partial charge in [-0.05, 0) is 30.6 Å². The van der Waals surface area contributed by atoms with Gasteiger partial charge in [0.05, 0.1) is 0 Å². The van der Waals surface area contributed by atoms with Crippen LogP contribution in [0.3, 0.4) is 0 Å². The van der Waals surface area contributed by atoms with Crippen molar-refractivity contribution < 1.29 is 0 Å². The molecular weight excluding hydrogens is 192 g/mol. The zero-order valence-corrected chi connectivity index (χ0v) is 12.2. The minimum atomic E-state index is 0.490. The highest BCUT2D eigenvalue weighted by molar-refractivity contribution is 4.79.